The van der Waals surface area contributed by atoms with Gasteiger partial charge in [0.1, 0.15) is 11.5 Å². The first-order chi connectivity index (χ1) is 13.1. The number of aromatic nitrogens is 5. The molecule has 1 aliphatic heterocycles. The van der Waals surface area contributed by atoms with Gasteiger partial charge in [-0.05, 0) is 19.2 Å². The molecule has 0 unspecified atom stereocenters. The van der Waals surface area contributed by atoms with Crippen molar-refractivity contribution in [3.05, 3.63) is 30.6 Å². The third kappa shape index (κ3) is 4.09. The molecule has 3 aromatic rings. The van der Waals surface area contributed by atoms with Crippen LogP contribution in [0.4, 0.5) is 5.82 Å². The van der Waals surface area contributed by atoms with Gasteiger partial charge < -0.3 is 10.2 Å². The maximum Gasteiger partial charge on any atom is 0.239 e. The molecule has 0 radical (unpaired) electrons. The molecule has 9 heteroatoms. The summed E-state index contributed by atoms with van der Waals surface area (Å²) in [5.41, 5.74) is 2.19. The molecule has 0 spiro atoms. The number of nitrogens with zero attached hydrogens (tertiary/aromatic N) is 7. The molecule has 4 rings (SSSR count). The minimum Gasteiger partial charge on any atom is -0.310 e. The number of carbonyl (C=O) groups is 1. The lowest BCUT2D eigenvalue weighted by Crippen LogP contribution is -2.47. The monoisotopic (exact) mass is 366 g/mol. The van der Waals surface area contributed by atoms with E-state index in [0.717, 1.165) is 42.8 Å². The third-order valence-corrected chi connectivity index (χ3v) is 4.67. The van der Waals surface area contributed by atoms with E-state index in [0.29, 0.717) is 18.1 Å². The zero-order valence-corrected chi connectivity index (χ0v) is 15.5. The Balaban J connectivity index is 1.48. The Kier molecular flexibility index (Phi) is 4.78. The first-order valence-corrected chi connectivity index (χ1v) is 8.91. The highest BCUT2D eigenvalue weighted by Gasteiger charge is 2.17. The molecular formula is C18H22N8O. The standard InChI is InChI=1S/C18H22N8O/c1-24-5-7-26(8-6-24)12-18(27)21-17-9-15-13(10-19-17)3-4-14(20-15)16-11-25(2)23-22-16/h3-4,9-11H,5-8,12H2,1-2H3,(H,19,21,27). The zero-order chi connectivity index (χ0) is 18.8. The van der Waals surface area contributed by atoms with Crippen LogP contribution in [0.3, 0.4) is 0 Å². The number of nitrogens with one attached hydrogen (secondary N) is 1. The normalized spacial score (nSPS) is 15.9. The van der Waals surface area contributed by atoms with E-state index in [1.165, 1.54) is 0 Å². The lowest BCUT2D eigenvalue weighted by Gasteiger charge is -2.31. The molecule has 0 aromatic carbocycles. The Morgan fingerprint density at radius 1 is 1.15 bits per heavy atom. The van der Waals surface area contributed by atoms with Gasteiger partial charge in [-0.1, -0.05) is 5.21 Å². The van der Waals surface area contributed by atoms with Crippen molar-refractivity contribution in [3.63, 3.8) is 0 Å². The third-order valence-electron chi connectivity index (χ3n) is 4.67. The number of hydrogen-bond donors (Lipinski definition) is 1. The highest BCUT2D eigenvalue weighted by Crippen LogP contribution is 2.20. The van der Waals surface area contributed by atoms with E-state index in [9.17, 15) is 4.79 Å². The summed E-state index contributed by atoms with van der Waals surface area (Å²) in [6, 6.07) is 5.62. The molecule has 27 heavy (non-hydrogen) atoms. The lowest BCUT2D eigenvalue weighted by molar-refractivity contribution is -0.117. The van der Waals surface area contributed by atoms with Crippen LogP contribution in [0.25, 0.3) is 22.3 Å². The van der Waals surface area contributed by atoms with Crippen LogP contribution in [-0.4, -0.2) is 80.4 Å². The Bertz CT molecular complexity index is 961. The SMILES string of the molecule is CN1CCN(CC(=O)Nc2cc3nc(-c4cn(C)nn4)ccc3cn2)CC1. The van der Waals surface area contributed by atoms with Gasteiger partial charge >= 0.3 is 0 Å². The zero-order valence-electron chi connectivity index (χ0n) is 15.5. The van der Waals surface area contributed by atoms with Gasteiger partial charge in [0, 0.05) is 50.9 Å². The van der Waals surface area contributed by atoms with E-state index in [1.807, 2.05) is 25.4 Å². The molecule has 1 aliphatic rings. The first kappa shape index (κ1) is 17.5. The van der Waals surface area contributed by atoms with E-state index in [-0.39, 0.29) is 5.91 Å². The minimum absolute atomic E-state index is 0.0588. The van der Waals surface area contributed by atoms with E-state index in [4.69, 9.17) is 0 Å². The molecule has 1 amide bonds. The summed E-state index contributed by atoms with van der Waals surface area (Å²) in [6.45, 7) is 4.14. The van der Waals surface area contributed by atoms with Crippen LogP contribution in [0.1, 0.15) is 0 Å². The number of carbonyl (C=O) groups excluding carboxylic acids is 1. The molecular weight excluding hydrogens is 344 g/mol. The van der Waals surface area contributed by atoms with Gasteiger partial charge in [0.05, 0.1) is 24.0 Å². The first-order valence-electron chi connectivity index (χ1n) is 8.91. The van der Waals surface area contributed by atoms with Crippen molar-refractivity contribution < 1.29 is 4.79 Å². The Labute approximate surface area is 157 Å². The van der Waals surface area contributed by atoms with Gasteiger partial charge in [-0.25, -0.2) is 9.97 Å². The Morgan fingerprint density at radius 2 is 1.96 bits per heavy atom. The summed E-state index contributed by atoms with van der Waals surface area (Å²) < 4.78 is 1.64. The van der Waals surface area contributed by atoms with Crippen LogP contribution in [0.5, 0.6) is 0 Å². The highest BCUT2D eigenvalue weighted by molar-refractivity contribution is 5.93. The maximum absolute atomic E-state index is 12.3. The van der Waals surface area contributed by atoms with Gasteiger partial charge in [0.2, 0.25) is 5.91 Å². The Morgan fingerprint density at radius 3 is 2.70 bits per heavy atom. The van der Waals surface area contributed by atoms with Crippen molar-refractivity contribution in [1.82, 2.24) is 34.8 Å². The predicted octanol–water partition coefficient (Wildman–Crippen LogP) is 0.611. The van der Waals surface area contributed by atoms with Gasteiger partial charge in [0.15, 0.2) is 0 Å². The number of piperazine rings is 1. The molecule has 3 aromatic heterocycles. The fourth-order valence-electron chi connectivity index (χ4n) is 3.08. The highest BCUT2D eigenvalue weighted by atomic mass is 16.2. The van der Waals surface area contributed by atoms with Gasteiger partial charge in [-0.3, -0.25) is 14.4 Å². The molecule has 140 valence electrons. The van der Waals surface area contributed by atoms with Gasteiger partial charge in [-0.15, -0.1) is 5.10 Å². The van der Waals surface area contributed by atoms with Crippen LogP contribution >= 0.6 is 0 Å². The molecule has 1 fully saturated rings. The second kappa shape index (κ2) is 7.37. The molecule has 0 atom stereocenters. The molecule has 4 heterocycles. The van der Waals surface area contributed by atoms with Gasteiger partial charge in [0.25, 0.3) is 0 Å². The minimum atomic E-state index is -0.0588. The van der Waals surface area contributed by atoms with E-state index >= 15 is 0 Å². The number of amides is 1. The molecule has 0 bridgehead atoms. The maximum atomic E-state index is 12.3. The summed E-state index contributed by atoms with van der Waals surface area (Å²) in [7, 11) is 3.91. The molecule has 9 nitrogen and oxygen atoms in total. The summed E-state index contributed by atoms with van der Waals surface area (Å²) in [5, 5.41) is 11.8. The number of rotatable bonds is 4. The number of likely N-dealkylation sites (N-methyl/N-ethyl adjacent to an activating group) is 1. The van der Waals surface area contributed by atoms with Crippen molar-refractivity contribution in [1.29, 1.82) is 0 Å². The Hall–Kier alpha value is -2.91. The quantitative estimate of drug-likeness (QED) is 0.723. The number of aryl methyl sites for hydroxylation is 1. The average molecular weight is 366 g/mol. The van der Waals surface area contributed by atoms with E-state index in [1.54, 1.807) is 16.9 Å². The van der Waals surface area contributed by atoms with Crippen molar-refractivity contribution in [2.45, 2.75) is 0 Å². The number of fused-ring (bicyclic) bond motifs is 1. The van der Waals surface area contributed by atoms with Crippen LogP contribution < -0.4 is 5.32 Å². The molecule has 1 N–H and O–H groups in total. The summed E-state index contributed by atoms with van der Waals surface area (Å²) in [4.78, 5) is 25.7. The number of pyridine rings is 2. The van der Waals surface area contributed by atoms with Crippen LogP contribution in [0, 0.1) is 0 Å². The van der Waals surface area contributed by atoms with Gasteiger partial charge in [-0.2, -0.15) is 0 Å². The summed E-state index contributed by atoms with van der Waals surface area (Å²) >= 11 is 0. The number of anilines is 1. The number of hydrogen-bond acceptors (Lipinski definition) is 7. The fraction of sp³-hybridized carbons (Fsp3) is 0.389. The van der Waals surface area contributed by atoms with Crippen molar-refractivity contribution in [3.8, 4) is 11.4 Å². The largest absolute Gasteiger partial charge is 0.310 e. The average Bonchev–Trinajstić information content (AvgIpc) is 3.09. The fourth-order valence-corrected chi connectivity index (χ4v) is 3.08. The summed E-state index contributed by atoms with van der Waals surface area (Å²) in [6.07, 6.45) is 3.53. The van der Waals surface area contributed by atoms with Crippen LogP contribution in [0.2, 0.25) is 0 Å². The second-order valence-electron chi connectivity index (χ2n) is 6.86. The van der Waals surface area contributed by atoms with Crippen molar-refractivity contribution >= 4 is 22.6 Å². The predicted molar refractivity (Wildman–Crippen MR) is 102 cm³/mol. The molecule has 1 saturated heterocycles. The van der Waals surface area contributed by atoms with Crippen LogP contribution in [-0.2, 0) is 11.8 Å². The van der Waals surface area contributed by atoms with E-state index < -0.39 is 0 Å². The molecule has 0 saturated carbocycles. The smallest absolute Gasteiger partial charge is 0.239 e. The molecule has 0 aliphatic carbocycles. The van der Waals surface area contributed by atoms with E-state index in [2.05, 4.69) is 42.4 Å². The lowest BCUT2D eigenvalue weighted by atomic mass is 10.2. The van der Waals surface area contributed by atoms with Crippen molar-refractivity contribution in [2.75, 3.05) is 45.1 Å². The van der Waals surface area contributed by atoms with Crippen molar-refractivity contribution in [2.24, 2.45) is 7.05 Å². The van der Waals surface area contributed by atoms with Crippen LogP contribution in [0.15, 0.2) is 30.6 Å². The summed E-state index contributed by atoms with van der Waals surface area (Å²) in [5.74, 6) is 0.446. The second-order valence-corrected chi connectivity index (χ2v) is 6.86. The topological polar surface area (TPSA) is 92.1 Å².